The van der Waals surface area contributed by atoms with Crippen LogP contribution in [0.25, 0.3) is 0 Å². The lowest BCUT2D eigenvalue weighted by atomic mass is 9.98. The van der Waals surface area contributed by atoms with Crippen LogP contribution in [0.3, 0.4) is 0 Å². The first-order valence-electron chi connectivity index (χ1n) is 4.89. The molecule has 3 nitrogen and oxygen atoms in total. The first-order chi connectivity index (χ1) is 6.81. The minimum absolute atomic E-state index is 0.273. The maximum Gasteiger partial charge on any atom is 0.0912 e. The van der Waals surface area contributed by atoms with Gasteiger partial charge in [0.1, 0.15) is 0 Å². The van der Waals surface area contributed by atoms with Gasteiger partial charge >= 0.3 is 0 Å². The smallest absolute Gasteiger partial charge is 0.0912 e. The van der Waals surface area contributed by atoms with Gasteiger partial charge < -0.3 is 15.6 Å². The van der Waals surface area contributed by atoms with Gasteiger partial charge in [-0.05, 0) is 23.1 Å². The predicted molar refractivity (Wildman–Crippen MR) is 53.8 cm³/mol. The van der Waals surface area contributed by atoms with Crippen LogP contribution >= 0.6 is 0 Å². The van der Waals surface area contributed by atoms with Crippen LogP contribution in [0.5, 0.6) is 0 Å². The molecule has 76 valence electrons. The Morgan fingerprint density at radius 1 is 1.43 bits per heavy atom. The van der Waals surface area contributed by atoms with E-state index in [0.717, 1.165) is 18.6 Å². The molecule has 1 aliphatic heterocycles. The van der Waals surface area contributed by atoms with Crippen LogP contribution in [0.2, 0.25) is 0 Å². The van der Waals surface area contributed by atoms with E-state index in [1.54, 1.807) is 0 Å². The number of fused-ring (bicyclic) bond motifs is 1. The van der Waals surface area contributed by atoms with E-state index < -0.39 is 6.10 Å². The second kappa shape index (κ2) is 4.09. The van der Waals surface area contributed by atoms with E-state index in [-0.39, 0.29) is 6.54 Å². The highest BCUT2D eigenvalue weighted by molar-refractivity contribution is 5.34. The second-order valence-electron chi connectivity index (χ2n) is 3.58. The Labute approximate surface area is 83.5 Å². The molecule has 3 heteroatoms. The molecule has 1 aromatic rings. The highest BCUT2D eigenvalue weighted by Crippen LogP contribution is 2.21. The molecule has 1 heterocycles. The third kappa shape index (κ3) is 1.80. The van der Waals surface area contributed by atoms with Crippen LogP contribution in [0, 0.1) is 0 Å². The number of rotatable bonds is 2. The molecule has 0 amide bonds. The lowest BCUT2D eigenvalue weighted by Gasteiger charge is -2.18. The lowest BCUT2D eigenvalue weighted by Crippen LogP contribution is -2.14. The van der Waals surface area contributed by atoms with Gasteiger partial charge in [0.25, 0.3) is 0 Å². The summed E-state index contributed by atoms with van der Waals surface area (Å²) in [5.41, 5.74) is 8.82. The van der Waals surface area contributed by atoms with Crippen LogP contribution in [0.4, 0.5) is 0 Å². The van der Waals surface area contributed by atoms with Gasteiger partial charge in [0, 0.05) is 6.54 Å². The molecule has 1 aromatic carbocycles. The average molecular weight is 193 g/mol. The standard InChI is InChI=1S/C11H15NO2/c12-6-11(13)9-1-2-10-7-14-4-3-8(10)5-9/h1-2,5,11,13H,3-4,6-7,12H2/t11-/m1/s1. The predicted octanol–water partition coefficient (Wildman–Crippen LogP) is 0.751. The average Bonchev–Trinajstić information content (AvgIpc) is 2.27. The molecule has 14 heavy (non-hydrogen) atoms. The van der Waals surface area contributed by atoms with E-state index in [1.807, 2.05) is 18.2 Å². The highest BCUT2D eigenvalue weighted by Gasteiger charge is 2.12. The van der Waals surface area contributed by atoms with Gasteiger partial charge in [0.2, 0.25) is 0 Å². The molecular weight excluding hydrogens is 178 g/mol. The third-order valence-electron chi connectivity index (χ3n) is 2.61. The summed E-state index contributed by atoms with van der Waals surface area (Å²) in [6.45, 7) is 1.73. The number of ether oxygens (including phenoxy) is 1. The van der Waals surface area contributed by atoms with Gasteiger partial charge in [-0.15, -0.1) is 0 Å². The summed E-state index contributed by atoms with van der Waals surface area (Å²) in [5.74, 6) is 0. The molecule has 1 atom stereocenters. The van der Waals surface area contributed by atoms with Crippen LogP contribution < -0.4 is 5.73 Å². The zero-order valence-electron chi connectivity index (χ0n) is 8.07. The van der Waals surface area contributed by atoms with Gasteiger partial charge in [-0.2, -0.15) is 0 Å². The zero-order valence-corrected chi connectivity index (χ0v) is 8.07. The Morgan fingerprint density at radius 3 is 3.07 bits per heavy atom. The normalized spacial score (nSPS) is 17.6. The minimum Gasteiger partial charge on any atom is -0.387 e. The monoisotopic (exact) mass is 193 g/mol. The van der Waals surface area contributed by atoms with Crippen LogP contribution in [0.1, 0.15) is 22.8 Å². The Kier molecular flexibility index (Phi) is 2.82. The molecule has 0 bridgehead atoms. The molecule has 2 rings (SSSR count). The first kappa shape index (κ1) is 9.65. The minimum atomic E-state index is -0.539. The SMILES string of the molecule is NC[C@@H](O)c1ccc2c(c1)CCOC2. The van der Waals surface area contributed by atoms with E-state index in [9.17, 15) is 5.11 Å². The van der Waals surface area contributed by atoms with Crippen molar-refractivity contribution in [2.24, 2.45) is 5.73 Å². The fourth-order valence-electron chi connectivity index (χ4n) is 1.73. The molecule has 0 aromatic heterocycles. The number of aliphatic hydroxyl groups excluding tert-OH is 1. The Morgan fingerprint density at radius 2 is 2.29 bits per heavy atom. The fraction of sp³-hybridized carbons (Fsp3) is 0.455. The molecule has 0 spiro atoms. The fourth-order valence-corrected chi connectivity index (χ4v) is 1.73. The number of hydrogen-bond acceptors (Lipinski definition) is 3. The summed E-state index contributed by atoms with van der Waals surface area (Å²) in [6, 6.07) is 5.98. The molecule has 0 aliphatic carbocycles. The Balaban J connectivity index is 2.29. The van der Waals surface area contributed by atoms with Crippen molar-refractivity contribution in [3.8, 4) is 0 Å². The molecule has 0 saturated heterocycles. The van der Waals surface area contributed by atoms with Crippen molar-refractivity contribution < 1.29 is 9.84 Å². The number of benzene rings is 1. The quantitative estimate of drug-likeness (QED) is 0.728. The molecule has 3 N–H and O–H groups in total. The van der Waals surface area contributed by atoms with Crippen LogP contribution in [-0.4, -0.2) is 18.3 Å². The first-order valence-corrected chi connectivity index (χ1v) is 4.89. The van der Waals surface area contributed by atoms with Crippen molar-refractivity contribution in [1.29, 1.82) is 0 Å². The van der Waals surface area contributed by atoms with Crippen molar-refractivity contribution in [3.05, 3.63) is 34.9 Å². The van der Waals surface area contributed by atoms with Crippen molar-refractivity contribution in [2.75, 3.05) is 13.2 Å². The van der Waals surface area contributed by atoms with Crippen LogP contribution in [-0.2, 0) is 17.8 Å². The summed E-state index contributed by atoms with van der Waals surface area (Å²) in [5, 5.41) is 9.57. The number of hydrogen-bond donors (Lipinski definition) is 2. The van der Waals surface area contributed by atoms with Gasteiger partial charge in [-0.1, -0.05) is 18.2 Å². The lowest BCUT2D eigenvalue weighted by molar-refractivity contribution is 0.110. The topological polar surface area (TPSA) is 55.5 Å². The van der Waals surface area contributed by atoms with Gasteiger partial charge in [0.15, 0.2) is 0 Å². The summed E-state index contributed by atoms with van der Waals surface area (Å²) in [7, 11) is 0. The largest absolute Gasteiger partial charge is 0.387 e. The summed E-state index contributed by atoms with van der Waals surface area (Å²) < 4.78 is 5.34. The Bertz CT molecular complexity index is 325. The highest BCUT2D eigenvalue weighted by atomic mass is 16.5. The molecule has 0 radical (unpaired) electrons. The van der Waals surface area contributed by atoms with E-state index in [4.69, 9.17) is 10.5 Å². The maximum absolute atomic E-state index is 9.57. The number of aliphatic hydroxyl groups is 1. The third-order valence-corrected chi connectivity index (χ3v) is 2.61. The maximum atomic E-state index is 9.57. The summed E-state index contributed by atoms with van der Waals surface area (Å²) in [4.78, 5) is 0. The molecular formula is C11H15NO2. The second-order valence-corrected chi connectivity index (χ2v) is 3.58. The van der Waals surface area contributed by atoms with E-state index in [2.05, 4.69) is 0 Å². The van der Waals surface area contributed by atoms with Gasteiger partial charge in [0.05, 0.1) is 19.3 Å². The van der Waals surface area contributed by atoms with E-state index >= 15 is 0 Å². The van der Waals surface area contributed by atoms with Gasteiger partial charge in [-0.3, -0.25) is 0 Å². The molecule has 0 fully saturated rings. The van der Waals surface area contributed by atoms with Crippen molar-refractivity contribution in [3.63, 3.8) is 0 Å². The molecule has 0 saturated carbocycles. The van der Waals surface area contributed by atoms with Crippen LogP contribution in [0.15, 0.2) is 18.2 Å². The zero-order chi connectivity index (χ0) is 9.97. The van der Waals surface area contributed by atoms with Gasteiger partial charge in [-0.25, -0.2) is 0 Å². The van der Waals surface area contributed by atoms with Crippen molar-refractivity contribution in [2.45, 2.75) is 19.1 Å². The summed E-state index contributed by atoms with van der Waals surface area (Å²) in [6.07, 6.45) is 0.392. The number of nitrogens with two attached hydrogens (primary N) is 1. The van der Waals surface area contributed by atoms with Crippen molar-refractivity contribution >= 4 is 0 Å². The van der Waals surface area contributed by atoms with Crippen molar-refractivity contribution in [1.82, 2.24) is 0 Å². The molecule has 0 unspecified atom stereocenters. The Hall–Kier alpha value is -0.900. The van der Waals surface area contributed by atoms with E-state index in [1.165, 1.54) is 11.1 Å². The molecule has 1 aliphatic rings. The summed E-state index contributed by atoms with van der Waals surface area (Å²) >= 11 is 0. The van der Waals surface area contributed by atoms with E-state index in [0.29, 0.717) is 6.61 Å².